The molecule has 0 aromatic heterocycles. The van der Waals surface area contributed by atoms with Crippen molar-refractivity contribution in [3.05, 3.63) is 63.9 Å². The molecule has 1 aliphatic carbocycles. The quantitative estimate of drug-likeness (QED) is 0.596. The van der Waals surface area contributed by atoms with Gasteiger partial charge >= 0.3 is 0 Å². The number of carbonyl (C=O) groups is 2. The summed E-state index contributed by atoms with van der Waals surface area (Å²) in [5.74, 6) is -0.858. The molecule has 5 nitrogen and oxygen atoms in total. The van der Waals surface area contributed by atoms with E-state index in [1.54, 1.807) is 37.3 Å². The van der Waals surface area contributed by atoms with Gasteiger partial charge in [-0.25, -0.2) is 4.39 Å². The summed E-state index contributed by atoms with van der Waals surface area (Å²) in [4.78, 5) is 27.2. The number of hydrogen-bond donors (Lipinski definition) is 1. The molecule has 31 heavy (non-hydrogen) atoms. The highest BCUT2D eigenvalue weighted by atomic mass is 35.5. The number of carbonyl (C=O) groups excluding carboxylic acids is 2. The van der Waals surface area contributed by atoms with Crippen molar-refractivity contribution < 1.29 is 18.7 Å². The second-order valence-corrected chi connectivity index (χ2v) is 8.49. The third-order valence-electron chi connectivity index (χ3n) is 5.41. The molecule has 0 aliphatic heterocycles. The molecule has 3 rings (SSSR count). The highest BCUT2D eigenvalue weighted by molar-refractivity contribution is 6.35. The Labute approximate surface area is 191 Å². The van der Waals surface area contributed by atoms with Gasteiger partial charge in [-0.2, -0.15) is 0 Å². The van der Waals surface area contributed by atoms with Crippen LogP contribution in [0.15, 0.2) is 42.5 Å². The summed E-state index contributed by atoms with van der Waals surface area (Å²) in [7, 11) is 0. The predicted octanol–water partition coefficient (Wildman–Crippen LogP) is 4.99. The fraction of sp³-hybridized carbons (Fsp3) is 0.391. The Morgan fingerprint density at radius 1 is 1.19 bits per heavy atom. The van der Waals surface area contributed by atoms with Crippen LogP contribution >= 0.6 is 23.2 Å². The zero-order chi connectivity index (χ0) is 22.4. The Morgan fingerprint density at radius 2 is 1.90 bits per heavy atom. The van der Waals surface area contributed by atoms with E-state index in [9.17, 15) is 14.0 Å². The maximum atomic E-state index is 14.2. The highest BCUT2D eigenvalue weighted by Gasteiger charge is 2.29. The van der Waals surface area contributed by atoms with Crippen LogP contribution in [0.25, 0.3) is 0 Å². The molecule has 0 saturated heterocycles. The van der Waals surface area contributed by atoms with Crippen LogP contribution < -0.4 is 10.1 Å². The molecule has 0 unspecified atom stereocenters. The van der Waals surface area contributed by atoms with E-state index in [0.717, 1.165) is 25.7 Å². The Balaban J connectivity index is 1.74. The van der Waals surface area contributed by atoms with E-state index >= 15 is 0 Å². The lowest BCUT2D eigenvalue weighted by molar-refractivity contribution is -0.142. The lowest BCUT2D eigenvalue weighted by atomic mass is 10.1. The molecule has 1 N–H and O–H groups in total. The summed E-state index contributed by atoms with van der Waals surface area (Å²) in [5.41, 5.74) is 0.320. The van der Waals surface area contributed by atoms with Crippen LogP contribution in [0, 0.1) is 5.82 Å². The van der Waals surface area contributed by atoms with E-state index in [0.29, 0.717) is 16.3 Å². The topological polar surface area (TPSA) is 58.6 Å². The number of nitrogens with zero attached hydrogens (tertiary/aromatic N) is 1. The van der Waals surface area contributed by atoms with E-state index in [4.69, 9.17) is 27.9 Å². The Kier molecular flexibility index (Phi) is 8.15. The van der Waals surface area contributed by atoms with Crippen LogP contribution in [0.1, 0.15) is 38.2 Å². The van der Waals surface area contributed by atoms with Gasteiger partial charge in [-0.3, -0.25) is 9.59 Å². The van der Waals surface area contributed by atoms with Gasteiger partial charge in [0.25, 0.3) is 5.91 Å². The average molecular weight is 467 g/mol. The number of ether oxygens (including phenoxy) is 1. The molecule has 1 fully saturated rings. The van der Waals surface area contributed by atoms with Gasteiger partial charge in [0.1, 0.15) is 17.6 Å². The van der Waals surface area contributed by atoms with Crippen LogP contribution in [0.4, 0.5) is 4.39 Å². The second-order valence-electron chi connectivity index (χ2n) is 7.64. The number of benzene rings is 2. The molecule has 1 aliphatic rings. The summed E-state index contributed by atoms with van der Waals surface area (Å²) in [6.45, 7) is 1.23. The standard InChI is InChI=1S/C23H25Cl2FN2O3/c1-15(23(30)27-18-7-3-4-8-18)28(13-16-6-2-5-9-20(16)26)22(29)14-31-21-11-10-17(24)12-19(21)25/h2,5-6,9-12,15,18H,3-4,7-8,13-14H2,1H3,(H,27,30)/t15-/m0/s1. The fourth-order valence-corrected chi connectivity index (χ4v) is 4.06. The van der Waals surface area contributed by atoms with Crippen LogP contribution in [0.2, 0.25) is 10.0 Å². The number of halogens is 3. The SMILES string of the molecule is C[C@@H](C(=O)NC1CCCC1)N(Cc1ccccc1F)C(=O)COc1ccc(Cl)cc1Cl. The molecule has 8 heteroatoms. The fourth-order valence-electron chi connectivity index (χ4n) is 3.60. The average Bonchev–Trinajstić information content (AvgIpc) is 3.25. The highest BCUT2D eigenvalue weighted by Crippen LogP contribution is 2.27. The van der Waals surface area contributed by atoms with Gasteiger partial charge in [-0.1, -0.05) is 54.2 Å². The molecule has 2 aromatic carbocycles. The molecular formula is C23H25Cl2FN2O3. The van der Waals surface area contributed by atoms with Crippen LogP contribution in [0.3, 0.4) is 0 Å². The first-order chi connectivity index (χ1) is 14.8. The van der Waals surface area contributed by atoms with E-state index in [-0.39, 0.29) is 30.1 Å². The molecule has 0 spiro atoms. The van der Waals surface area contributed by atoms with Crippen LogP contribution in [0.5, 0.6) is 5.75 Å². The number of hydrogen-bond acceptors (Lipinski definition) is 3. The Morgan fingerprint density at radius 3 is 2.58 bits per heavy atom. The summed E-state index contributed by atoms with van der Waals surface area (Å²) in [6, 6.07) is 10.2. The summed E-state index contributed by atoms with van der Waals surface area (Å²) in [6.07, 6.45) is 4.01. The largest absolute Gasteiger partial charge is 0.482 e. The molecule has 1 atom stereocenters. The van der Waals surface area contributed by atoms with Crippen molar-refractivity contribution >= 4 is 35.0 Å². The summed E-state index contributed by atoms with van der Waals surface area (Å²) >= 11 is 12.0. The first-order valence-electron chi connectivity index (χ1n) is 10.3. The molecule has 166 valence electrons. The minimum atomic E-state index is -0.794. The smallest absolute Gasteiger partial charge is 0.261 e. The van der Waals surface area contributed by atoms with Crippen molar-refractivity contribution in [2.45, 2.75) is 51.2 Å². The van der Waals surface area contributed by atoms with Gasteiger partial charge < -0.3 is 15.0 Å². The minimum Gasteiger partial charge on any atom is -0.482 e. The third-order valence-corrected chi connectivity index (χ3v) is 5.94. The van der Waals surface area contributed by atoms with E-state index in [2.05, 4.69) is 5.32 Å². The van der Waals surface area contributed by atoms with Crippen molar-refractivity contribution in [2.75, 3.05) is 6.61 Å². The third kappa shape index (κ3) is 6.34. The van der Waals surface area contributed by atoms with Gasteiger partial charge in [0.05, 0.1) is 5.02 Å². The molecular weight excluding hydrogens is 442 g/mol. The van der Waals surface area contributed by atoms with Gasteiger partial charge in [0.15, 0.2) is 6.61 Å². The number of amides is 2. The van der Waals surface area contributed by atoms with Crippen molar-refractivity contribution in [1.82, 2.24) is 10.2 Å². The molecule has 0 heterocycles. The van der Waals surface area contributed by atoms with Gasteiger partial charge in [-0.15, -0.1) is 0 Å². The lowest BCUT2D eigenvalue weighted by Crippen LogP contribution is -2.50. The predicted molar refractivity (Wildman–Crippen MR) is 119 cm³/mol. The zero-order valence-corrected chi connectivity index (χ0v) is 18.8. The minimum absolute atomic E-state index is 0.0531. The molecule has 0 bridgehead atoms. The Hall–Kier alpha value is -2.31. The summed E-state index contributed by atoms with van der Waals surface area (Å²) < 4.78 is 19.8. The monoisotopic (exact) mass is 466 g/mol. The van der Waals surface area contributed by atoms with Gasteiger partial charge in [0, 0.05) is 23.2 Å². The maximum Gasteiger partial charge on any atom is 0.261 e. The van der Waals surface area contributed by atoms with Crippen LogP contribution in [-0.4, -0.2) is 35.4 Å². The molecule has 2 aromatic rings. The first-order valence-corrected chi connectivity index (χ1v) is 11.0. The normalized spacial score (nSPS) is 14.8. The van der Waals surface area contributed by atoms with E-state index in [1.165, 1.54) is 17.0 Å². The van der Waals surface area contributed by atoms with Crippen molar-refractivity contribution in [3.63, 3.8) is 0 Å². The van der Waals surface area contributed by atoms with Gasteiger partial charge in [-0.05, 0) is 44.0 Å². The van der Waals surface area contributed by atoms with Crippen molar-refractivity contribution in [3.8, 4) is 5.75 Å². The van der Waals surface area contributed by atoms with Crippen molar-refractivity contribution in [2.24, 2.45) is 0 Å². The zero-order valence-electron chi connectivity index (χ0n) is 17.2. The first kappa shape index (κ1) is 23.4. The molecule has 0 radical (unpaired) electrons. The molecule has 1 saturated carbocycles. The maximum absolute atomic E-state index is 14.2. The Bertz CT molecular complexity index is 935. The van der Waals surface area contributed by atoms with Gasteiger partial charge in [0.2, 0.25) is 5.91 Å². The lowest BCUT2D eigenvalue weighted by Gasteiger charge is -2.29. The second kappa shape index (κ2) is 10.8. The van der Waals surface area contributed by atoms with E-state index in [1.807, 2.05) is 0 Å². The van der Waals surface area contributed by atoms with Crippen molar-refractivity contribution in [1.29, 1.82) is 0 Å². The number of nitrogens with one attached hydrogen (secondary N) is 1. The number of rotatable bonds is 8. The van der Waals surface area contributed by atoms with Crippen LogP contribution in [-0.2, 0) is 16.1 Å². The molecule has 2 amide bonds. The summed E-state index contributed by atoms with van der Waals surface area (Å²) in [5, 5.41) is 3.72. The van der Waals surface area contributed by atoms with E-state index < -0.39 is 17.8 Å².